The number of pyridine rings is 1. The molecule has 0 spiro atoms. The molecule has 5 heteroatoms. The number of aromatic nitrogens is 1. The van der Waals surface area contributed by atoms with Gasteiger partial charge in [-0.15, -0.1) is 0 Å². The molecule has 1 aliphatic heterocycles. The van der Waals surface area contributed by atoms with E-state index in [0.29, 0.717) is 11.6 Å². The van der Waals surface area contributed by atoms with Gasteiger partial charge in [-0.2, -0.15) is 0 Å². The third-order valence-electron chi connectivity index (χ3n) is 3.14. The van der Waals surface area contributed by atoms with Gasteiger partial charge in [0.1, 0.15) is 5.82 Å². The van der Waals surface area contributed by atoms with Crippen LogP contribution < -0.4 is 10.6 Å². The summed E-state index contributed by atoms with van der Waals surface area (Å²) in [5.74, 6) is 0.960. The fraction of sp³-hybridized carbons (Fsp3) is 0.545. The van der Waals surface area contributed by atoms with Crippen molar-refractivity contribution in [3.63, 3.8) is 0 Å². The van der Waals surface area contributed by atoms with Crippen LogP contribution >= 0.6 is 27.5 Å². The van der Waals surface area contributed by atoms with Gasteiger partial charge < -0.3 is 10.6 Å². The number of rotatable bonds is 2. The highest BCUT2D eigenvalue weighted by molar-refractivity contribution is 9.10. The Labute approximate surface area is 109 Å². The van der Waals surface area contributed by atoms with E-state index >= 15 is 0 Å². The zero-order valence-electron chi connectivity index (χ0n) is 9.21. The maximum absolute atomic E-state index is 5.88. The summed E-state index contributed by atoms with van der Waals surface area (Å²) in [6, 6.07) is 1.88. The topological polar surface area (TPSA) is 42.1 Å². The van der Waals surface area contributed by atoms with Crippen molar-refractivity contribution >= 4 is 33.3 Å². The lowest BCUT2D eigenvalue weighted by Crippen LogP contribution is -2.31. The first-order valence-corrected chi connectivity index (χ1v) is 6.47. The monoisotopic (exact) mass is 303 g/mol. The Morgan fingerprint density at radius 1 is 1.69 bits per heavy atom. The van der Waals surface area contributed by atoms with Crippen LogP contribution in [0, 0.1) is 5.41 Å². The van der Waals surface area contributed by atoms with Gasteiger partial charge in [-0.05, 0) is 40.4 Å². The van der Waals surface area contributed by atoms with Gasteiger partial charge in [0.05, 0.1) is 9.50 Å². The minimum atomic E-state index is 0.209. The fourth-order valence-electron chi connectivity index (χ4n) is 2.01. The third-order valence-corrected chi connectivity index (χ3v) is 3.93. The van der Waals surface area contributed by atoms with E-state index in [-0.39, 0.29) is 5.41 Å². The summed E-state index contributed by atoms with van der Waals surface area (Å²) in [4.78, 5) is 6.62. The Bertz CT molecular complexity index is 399. The van der Waals surface area contributed by atoms with Crippen LogP contribution in [0.3, 0.4) is 0 Å². The van der Waals surface area contributed by atoms with E-state index in [4.69, 9.17) is 17.3 Å². The SMILES string of the molecule is CC1(CN)CCN(c2ncc(Cl)cc2Br)C1. The van der Waals surface area contributed by atoms with E-state index in [2.05, 4.69) is 32.7 Å². The smallest absolute Gasteiger partial charge is 0.142 e. The van der Waals surface area contributed by atoms with Crippen molar-refractivity contribution in [2.24, 2.45) is 11.1 Å². The van der Waals surface area contributed by atoms with Gasteiger partial charge in [-0.25, -0.2) is 4.98 Å². The molecule has 1 aromatic rings. The lowest BCUT2D eigenvalue weighted by Gasteiger charge is -2.23. The molecule has 1 atom stereocenters. The summed E-state index contributed by atoms with van der Waals surface area (Å²) in [5, 5.41) is 0.649. The van der Waals surface area contributed by atoms with Crippen LogP contribution in [-0.4, -0.2) is 24.6 Å². The van der Waals surface area contributed by atoms with E-state index in [1.807, 2.05) is 6.07 Å². The summed E-state index contributed by atoms with van der Waals surface area (Å²) in [6.07, 6.45) is 2.79. The van der Waals surface area contributed by atoms with Gasteiger partial charge in [0.2, 0.25) is 0 Å². The van der Waals surface area contributed by atoms with Crippen LogP contribution in [0.2, 0.25) is 5.02 Å². The zero-order chi connectivity index (χ0) is 11.8. The summed E-state index contributed by atoms with van der Waals surface area (Å²) < 4.78 is 0.946. The van der Waals surface area contributed by atoms with Crippen LogP contribution in [0.25, 0.3) is 0 Å². The van der Waals surface area contributed by atoms with Crippen molar-refractivity contribution in [1.29, 1.82) is 0 Å². The normalized spacial score (nSPS) is 25.1. The molecule has 0 aromatic carbocycles. The second kappa shape index (κ2) is 4.51. The molecule has 2 rings (SSSR count). The number of nitrogens with two attached hydrogens (primary N) is 1. The Morgan fingerprint density at radius 3 is 3.00 bits per heavy atom. The Morgan fingerprint density at radius 2 is 2.44 bits per heavy atom. The Kier molecular flexibility index (Phi) is 3.42. The maximum Gasteiger partial charge on any atom is 0.142 e. The van der Waals surface area contributed by atoms with Gasteiger partial charge in [0.15, 0.2) is 0 Å². The summed E-state index contributed by atoms with van der Waals surface area (Å²) >= 11 is 9.37. The lowest BCUT2D eigenvalue weighted by molar-refractivity contribution is 0.383. The van der Waals surface area contributed by atoms with Gasteiger partial charge in [-0.3, -0.25) is 0 Å². The van der Waals surface area contributed by atoms with Crippen LogP contribution in [-0.2, 0) is 0 Å². The van der Waals surface area contributed by atoms with Crippen molar-refractivity contribution in [3.8, 4) is 0 Å². The average Bonchev–Trinajstić information content (AvgIpc) is 2.62. The average molecular weight is 305 g/mol. The number of hydrogen-bond donors (Lipinski definition) is 1. The van der Waals surface area contributed by atoms with E-state index in [1.165, 1.54) is 0 Å². The first kappa shape index (κ1) is 12.1. The molecule has 2 heterocycles. The second-order valence-electron chi connectivity index (χ2n) is 4.65. The Hall–Kier alpha value is -0.320. The molecule has 2 N–H and O–H groups in total. The molecule has 3 nitrogen and oxygen atoms in total. The van der Waals surface area contributed by atoms with Gasteiger partial charge in [0.25, 0.3) is 0 Å². The molecule has 1 aliphatic rings. The quantitative estimate of drug-likeness (QED) is 0.913. The van der Waals surface area contributed by atoms with Crippen molar-refractivity contribution < 1.29 is 0 Å². The van der Waals surface area contributed by atoms with E-state index in [1.54, 1.807) is 6.20 Å². The standard InChI is InChI=1S/C11H15BrClN3/c1-11(6-14)2-3-16(7-11)10-9(12)4-8(13)5-15-10/h4-5H,2-3,6-7,14H2,1H3. The minimum Gasteiger partial charge on any atom is -0.355 e. The fourth-order valence-corrected chi connectivity index (χ4v) is 2.90. The zero-order valence-corrected chi connectivity index (χ0v) is 11.6. The lowest BCUT2D eigenvalue weighted by atomic mass is 9.90. The predicted octanol–water partition coefficient (Wildman–Crippen LogP) is 2.67. The van der Waals surface area contributed by atoms with E-state index in [0.717, 1.165) is 29.8 Å². The molecular weight excluding hydrogens is 289 g/mol. The first-order valence-electron chi connectivity index (χ1n) is 5.30. The summed E-state index contributed by atoms with van der Waals surface area (Å²) in [6.45, 7) is 4.89. The Balaban J connectivity index is 2.21. The molecule has 1 unspecified atom stereocenters. The molecule has 0 saturated carbocycles. The number of halogens is 2. The van der Waals surface area contributed by atoms with Gasteiger partial charge >= 0.3 is 0 Å². The van der Waals surface area contributed by atoms with Crippen molar-refractivity contribution in [2.45, 2.75) is 13.3 Å². The molecule has 0 aliphatic carbocycles. The molecular formula is C11H15BrClN3. The van der Waals surface area contributed by atoms with Gasteiger partial charge in [-0.1, -0.05) is 18.5 Å². The maximum atomic E-state index is 5.88. The predicted molar refractivity (Wildman–Crippen MR) is 70.9 cm³/mol. The van der Waals surface area contributed by atoms with Crippen LogP contribution in [0.5, 0.6) is 0 Å². The molecule has 0 amide bonds. The largest absolute Gasteiger partial charge is 0.355 e. The van der Waals surface area contributed by atoms with Gasteiger partial charge in [0, 0.05) is 19.3 Å². The van der Waals surface area contributed by atoms with E-state index in [9.17, 15) is 0 Å². The number of nitrogens with zero attached hydrogens (tertiary/aromatic N) is 2. The highest BCUT2D eigenvalue weighted by atomic mass is 79.9. The third kappa shape index (κ3) is 2.34. The second-order valence-corrected chi connectivity index (χ2v) is 5.94. The highest BCUT2D eigenvalue weighted by Gasteiger charge is 2.33. The van der Waals surface area contributed by atoms with E-state index < -0.39 is 0 Å². The van der Waals surface area contributed by atoms with Crippen molar-refractivity contribution in [3.05, 3.63) is 21.8 Å². The first-order chi connectivity index (χ1) is 7.54. The number of hydrogen-bond acceptors (Lipinski definition) is 3. The minimum absolute atomic E-state index is 0.209. The van der Waals surface area contributed by atoms with Crippen LogP contribution in [0.15, 0.2) is 16.7 Å². The van der Waals surface area contributed by atoms with Crippen LogP contribution in [0.1, 0.15) is 13.3 Å². The molecule has 88 valence electrons. The molecule has 0 bridgehead atoms. The van der Waals surface area contributed by atoms with Crippen molar-refractivity contribution in [1.82, 2.24) is 4.98 Å². The van der Waals surface area contributed by atoms with Crippen LogP contribution in [0.4, 0.5) is 5.82 Å². The summed E-state index contributed by atoms with van der Waals surface area (Å²) in [7, 11) is 0. The highest BCUT2D eigenvalue weighted by Crippen LogP contribution is 2.35. The molecule has 16 heavy (non-hydrogen) atoms. The number of anilines is 1. The van der Waals surface area contributed by atoms with Crippen molar-refractivity contribution in [2.75, 3.05) is 24.5 Å². The summed E-state index contributed by atoms with van der Waals surface area (Å²) in [5.41, 5.74) is 6.00. The molecule has 1 aromatic heterocycles. The molecule has 1 fully saturated rings. The molecule has 0 radical (unpaired) electrons. The molecule has 1 saturated heterocycles.